The predicted octanol–water partition coefficient (Wildman–Crippen LogP) is 2.40. The summed E-state index contributed by atoms with van der Waals surface area (Å²) < 4.78 is 2.17. The average Bonchev–Trinajstić information content (AvgIpc) is 2.50. The van der Waals surface area contributed by atoms with Gasteiger partial charge in [0.05, 0.1) is 0 Å². The van der Waals surface area contributed by atoms with Crippen molar-refractivity contribution in [2.75, 3.05) is 5.33 Å². The molecule has 0 N–H and O–H groups in total. The second kappa shape index (κ2) is 3.90. The minimum Gasteiger partial charge on any atom is -0.335 e. The number of hydrogen-bond donors (Lipinski definition) is 0. The molecule has 0 aliphatic rings. The lowest BCUT2D eigenvalue weighted by molar-refractivity contribution is 0.658. The van der Waals surface area contributed by atoms with Crippen molar-refractivity contribution < 1.29 is 0 Å². The van der Waals surface area contributed by atoms with Crippen LogP contribution in [0.15, 0.2) is 12.4 Å². The van der Waals surface area contributed by atoms with E-state index >= 15 is 0 Å². The largest absolute Gasteiger partial charge is 0.335 e. The van der Waals surface area contributed by atoms with Gasteiger partial charge in [0, 0.05) is 30.2 Å². The predicted molar refractivity (Wildman–Crippen MR) is 50.1 cm³/mol. The zero-order valence-electron chi connectivity index (χ0n) is 6.92. The van der Waals surface area contributed by atoms with Crippen molar-refractivity contribution in [2.24, 2.45) is 0 Å². The third-order valence-corrected chi connectivity index (χ3v) is 2.73. The van der Waals surface area contributed by atoms with E-state index in [-0.39, 0.29) is 0 Å². The van der Waals surface area contributed by atoms with Crippen LogP contribution in [0, 0.1) is 0 Å². The minimum absolute atomic E-state index is 0.505. The maximum atomic E-state index is 4.29. The van der Waals surface area contributed by atoms with Crippen LogP contribution in [0.1, 0.15) is 25.6 Å². The summed E-state index contributed by atoms with van der Waals surface area (Å²) in [5, 5.41) is 0.976. The van der Waals surface area contributed by atoms with Crippen molar-refractivity contribution in [3.63, 3.8) is 0 Å². The summed E-state index contributed by atoms with van der Waals surface area (Å²) in [5.41, 5.74) is 0. The number of alkyl halides is 1. The van der Waals surface area contributed by atoms with Gasteiger partial charge >= 0.3 is 0 Å². The molecule has 3 heteroatoms. The van der Waals surface area contributed by atoms with Gasteiger partial charge in [0.15, 0.2) is 0 Å². The second-order valence-corrected chi connectivity index (χ2v) is 3.27. The summed E-state index contributed by atoms with van der Waals surface area (Å²) in [4.78, 5) is 4.29. The molecule has 62 valence electrons. The molecular formula is C8H13BrN2. The summed E-state index contributed by atoms with van der Waals surface area (Å²) in [7, 11) is 0. The van der Waals surface area contributed by atoms with E-state index in [1.807, 2.05) is 12.4 Å². The maximum absolute atomic E-state index is 4.29. The van der Waals surface area contributed by atoms with Crippen LogP contribution in [-0.4, -0.2) is 14.9 Å². The monoisotopic (exact) mass is 216 g/mol. The Kier molecular flexibility index (Phi) is 3.12. The summed E-state index contributed by atoms with van der Waals surface area (Å²) in [5.74, 6) is 1.68. The van der Waals surface area contributed by atoms with Crippen LogP contribution in [0.3, 0.4) is 0 Å². The van der Waals surface area contributed by atoms with Gasteiger partial charge in [-0.1, -0.05) is 22.9 Å². The van der Waals surface area contributed by atoms with Gasteiger partial charge in [-0.15, -0.1) is 0 Å². The topological polar surface area (TPSA) is 17.8 Å². The van der Waals surface area contributed by atoms with Crippen molar-refractivity contribution in [1.29, 1.82) is 0 Å². The fourth-order valence-electron chi connectivity index (χ4n) is 1.09. The lowest BCUT2D eigenvalue weighted by atomic mass is 10.2. The number of halogens is 1. The van der Waals surface area contributed by atoms with Crippen molar-refractivity contribution in [2.45, 2.75) is 26.3 Å². The van der Waals surface area contributed by atoms with E-state index in [1.165, 1.54) is 5.82 Å². The van der Waals surface area contributed by atoms with Gasteiger partial charge in [0.25, 0.3) is 0 Å². The molecule has 0 saturated carbocycles. The van der Waals surface area contributed by atoms with Crippen LogP contribution in [0.2, 0.25) is 0 Å². The first-order valence-corrected chi connectivity index (χ1v) is 4.98. The molecule has 1 heterocycles. The molecule has 0 aliphatic carbocycles. The molecule has 0 saturated heterocycles. The van der Waals surface area contributed by atoms with Crippen LogP contribution in [0.5, 0.6) is 0 Å². The molecule has 1 aromatic rings. The molecule has 0 bridgehead atoms. The summed E-state index contributed by atoms with van der Waals surface area (Å²) in [6.45, 7) is 5.31. The zero-order valence-corrected chi connectivity index (χ0v) is 8.50. The lowest BCUT2D eigenvalue weighted by Crippen LogP contribution is -2.05. The molecule has 0 fully saturated rings. The fourth-order valence-corrected chi connectivity index (χ4v) is 1.38. The van der Waals surface area contributed by atoms with E-state index in [0.717, 1.165) is 11.9 Å². The van der Waals surface area contributed by atoms with E-state index in [9.17, 15) is 0 Å². The number of aryl methyl sites for hydroxylation is 1. The summed E-state index contributed by atoms with van der Waals surface area (Å²) >= 11 is 3.45. The summed E-state index contributed by atoms with van der Waals surface area (Å²) in [6, 6.07) is 0. The second-order valence-electron chi connectivity index (χ2n) is 2.63. The number of nitrogens with zero attached hydrogens (tertiary/aromatic N) is 2. The van der Waals surface area contributed by atoms with E-state index in [4.69, 9.17) is 0 Å². The zero-order chi connectivity index (χ0) is 8.27. The SMILES string of the molecule is CCn1ccnc1C(C)CBr. The van der Waals surface area contributed by atoms with Gasteiger partial charge in [0.2, 0.25) is 0 Å². The molecule has 1 atom stereocenters. The van der Waals surface area contributed by atoms with Crippen LogP contribution in [0.25, 0.3) is 0 Å². The van der Waals surface area contributed by atoms with Crippen LogP contribution in [-0.2, 0) is 6.54 Å². The first-order chi connectivity index (χ1) is 5.29. The molecule has 0 spiro atoms. The Labute approximate surface area is 75.8 Å². The van der Waals surface area contributed by atoms with Gasteiger partial charge in [0.1, 0.15) is 5.82 Å². The average molecular weight is 217 g/mol. The molecule has 1 unspecified atom stereocenters. The lowest BCUT2D eigenvalue weighted by Gasteiger charge is -2.08. The van der Waals surface area contributed by atoms with Crippen LogP contribution >= 0.6 is 15.9 Å². The third kappa shape index (κ3) is 1.83. The van der Waals surface area contributed by atoms with Crippen molar-refractivity contribution in [3.8, 4) is 0 Å². The quantitative estimate of drug-likeness (QED) is 0.711. The van der Waals surface area contributed by atoms with Gasteiger partial charge in [-0.3, -0.25) is 0 Å². The van der Waals surface area contributed by atoms with Crippen LogP contribution < -0.4 is 0 Å². The Morgan fingerprint density at radius 3 is 3.00 bits per heavy atom. The van der Waals surface area contributed by atoms with Gasteiger partial charge < -0.3 is 4.57 Å². The molecule has 0 aliphatic heterocycles. The fraction of sp³-hybridized carbons (Fsp3) is 0.625. The van der Waals surface area contributed by atoms with E-state index in [1.54, 1.807) is 0 Å². The first kappa shape index (κ1) is 8.78. The smallest absolute Gasteiger partial charge is 0.112 e. The minimum atomic E-state index is 0.505. The van der Waals surface area contributed by atoms with Crippen molar-refractivity contribution >= 4 is 15.9 Å². The maximum Gasteiger partial charge on any atom is 0.112 e. The number of hydrogen-bond acceptors (Lipinski definition) is 1. The molecule has 11 heavy (non-hydrogen) atoms. The Morgan fingerprint density at radius 2 is 2.45 bits per heavy atom. The molecule has 2 nitrogen and oxygen atoms in total. The standard InChI is InChI=1S/C8H13BrN2/c1-3-11-5-4-10-8(11)7(2)6-9/h4-5,7H,3,6H2,1-2H3. The third-order valence-electron chi connectivity index (χ3n) is 1.76. The first-order valence-electron chi connectivity index (χ1n) is 3.86. The normalized spacial score (nSPS) is 13.4. The number of imidazole rings is 1. The number of rotatable bonds is 3. The highest BCUT2D eigenvalue weighted by Crippen LogP contribution is 2.14. The Balaban J connectivity index is 2.83. The number of aromatic nitrogens is 2. The van der Waals surface area contributed by atoms with Crippen LogP contribution in [0.4, 0.5) is 0 Å². The van der Waals surface area contributed by atoms with Gasteiger partial charge in [-0.25, -0.2) is 4.98 Å². The summed E-state index contributed by atoms with van der Waals surface area (Å²) in [6.07, 6.45) is 3.88. The Bertz CT molecular complexity index is 220. The molecule has 0 radical (unpaired) electrons. The van der Waals surface area contributed by atoms with E-state index in [0.29, 0.717) is 5.92 Å². The van der Waals surface area contributed by atoms with Crippen molar-refractivity contribution in [1.82, 2.24) is 9.55 Å². The molecule has 1 rings (SSSR count). The van der Waals surface area contributed by atoms with Crippen molar-refractivity contribution in [3.05, 3.63) is 18.2 Å². The molecule has 0 aromatic carbocycles. The molecular weight excluding hydrogens is 204 g/mol. The van der Waals surface area contributed by atoms with Gasteiger partial charge in [-0.05, 0) is 6.92 Å². The molecule has 0 amide bonds. The Hall–Kier alpha value is -0.310. The highest BCUT2D eigenvalue weighted by atomic mass is 79.9. The highest BCUT2D eigenvalue weighted by molar-refractivity contribution is 9.09. The highest BCUT2D eigenvalue weighted by Gasteiger charge is 2.08. The molecule has 1 aromatic heterocycles. The van der Waals surface area contributed by atoms with E-state index in [2.05, 4.69) is 39.3 Å². The van der Waals surface area contributed by atoms with E-state index < -0.39 is 0 Å². The Morgan fingerprint density at radius 1 is 1.73 bits per heavy atom. The van der Waals surface area contributed by atoms with Gasteiger partial charge in [-0.2, -0.15) is 0 Å².